The molecule has 0 N–H and O–H groups in total. The highest BCUT2D eigenvalue weighted by atomic mass is 79.9. The summed E-state index contributed by atoms with van der Waals surface area (Å²) in [7, 11) is 1.73. The Morgan fingerprint density at radius 2 is 2.06 bits per heavy atom. The fourth-order valence-corrected chi connectivity index (χ4v) is 2.66. The van der Waals surface area contributed by atoms with Crippen molar-refractivity contribution in [2.45, 2.75) is 12.8 Å². The number of hydrogen-bond acceptors (Lipinski definition) is 3. The second-order valence-electron chi connectivity index (χ2n) is 3.73. The predicted octanol–water partition coefficient (Wildman–Crippen LogP) is 4.15. The zero-order chi connectivity index (χ0) is 12.1. The van der Waals surface area contributed by atoms with Crippen LogP contribution in [0.5, 0.6) is 0 Å². The molecule has 2 rings (SSSR count). The van der Waals surface area contributed by atoms with Gasteiger partial charge in [-0.05, 0) is 18.6 Å². The van der Waals surface area contributed by atoms with Gasteiger partial charge in [0.05, 0.1) is 10.7 Å². The van der Waals surface area contributed by atoms with Gasteiger partial charge in [-0.25, -0.2) is 4.98 Å². The quantitative estimate of drug-likeness (QED) is 0.774. The topological polar surface area (TPSA) is 22.1 Å². The molecule has 0 amide bonds. The lowest BCUT2D eigenvalue weighted by atomic mass is 10.2. The van der Waals surface area contributed by atoms with Gasteiger partial charge in [0.15, 0.2) is 0 Å². The van der Waals surface area contributed by atoms with Gasteiger partial charge in [-0.15, -0.1) is 11.3 Å². The summed E-state index contributed by atoms with van der Waals surface area (Å²) in [5, 5.41) is 3.30. The Bertz CT molecular complexity index is 467. The van der Waals surface area contributed by atoms with Crippen LogP contribution >= 0.6 is 27.3 Å². The summed E-state index contributed by atoms with van der Waals surface area (Å²) < 4.78 is 6.13. The Morgan fingerprint density at radius 1 is 1.29 bits per heavy atom. The number of aryl methyl sites for hydroxylation is 1. The lowest BCUT2D eigenvalue weighted by Gasteiger charge is -1.97. The van der Waals surface area contributed by atoms with Crippen LogP contribution in [-0.4, -0.2) is 18.7 Å². The summed E-state index contributed by atoms with van der Waals surface area (Å²) in [5.41, 5.74) is 2.23. The van der Waals surface area contributed by atoms with Gasteiger partial charge in [0.2, 0.25) is 0 Å². The number of methoxy groups -OCH3 is 1. The molecule has 0 radical (unpaired) electrons. The average Bonchev–Trinajstić information content (AvgIpc) is 2.79. The second-order valence-corrected chi connectivity index (χ2v) is 5.59. The molecule has 2 nitrogen and oxygen atoms in total. The van der Waals surface area contributed by atoms with E-state index in [0.29, 0.717) is 0 Å². The van der Waals surface area contributed by atoms with Gasteiger partial charge in [0.1, 0.15) is 0 Å². The van der Waals surface area contributed by atoms with E-state index in [1.54, 1.807) is 18.4 Å². The summed E-state index contributed by atoms with van der Waals surface area (Å²) in [4.78, 5) is 4.63. The number of thiazole rings is 1. The van der Waals surface area contributed by atoms with Crippen molar-refractivity contribution in [2.24, 2.45) is 0 Å². The molecule has 4 heteroatoms. The van der Waals surface area contributed by atoms with Crippen molar-refractivity contribution >= 4 is 27.3 Å². The highest BCUT2D eigenvalue weighted by Crippen LogP contribution is 2.24. The van der Waals surface area contributed by atoms with E-state index in [2.05, 4.69) is 38.4 Å². The highest BCUT2D eigenvalue weighted by Gasteiger charge is 2.04. The molecule has 1 aromatic heterocycles. The number of hydrogen-bond donors (Lipinski definition) is 0. The molecule has 0 aliphatic rings. The van der Waals surface area contributed by atoms with E-state index in [9.17, 15) is 0 Å². The number of benzene rings is 1. The van der Waals surface area contributed by atoms with Crippen LogP contribution in [0.2, 0.25) is 0 Å². The maximum Gasteiger partial charge on any atom is 0.0933 e. The summed E-state index contributed by atoms with van der Waals surface area (Å²) in [5.74, 6) is 0. The molecule has 1 aromatic carbocycles. The van der Waals surface area contributed by atoms with E-state index in [1.807, 2.05) is 12.1 Å². The minimum Gasteiger partial charge on any atom is -0.385 e. The summed E-state index contributed by atoms with van der Waals surface area (Å²) in [6.45, 7) is 0.799. The number of rotatable bonds is 5. The van der Waals surface area contributed by atoms with Crippen LogP contribution in [0, 0.1) is 0 Å². The molecule has 0 atom stereocenters. The Hall–Kier alpha value is -0.710. The fraction of sp³-hybridized carbons (Fsp3) is 0.308. The molecule has 0 fully saturated rings. The smallest absolute Gasteiger partial charge is 0.0933 e. The first-order chi connectivity index (χ1) is 8.29. The molecule has 0 spiro atoms. The number of aromatic nitrogens is 1. The van der Waals surface area contributed by atoms with Gasteiger partial charge in [-0.3, -0.25) is 0 Å². The van der Waals surface area contributed by atoms with Crippen molar-refractivity contribution in [1.82, 2.24) is 4.98 Å². The maximum atomic E-state index is 5.04. The number of halogens is 1. The first-order valence-corrected chi connectivity index (χ1v) is 7.16. The fourth-order valence-electron chi connectivity index (χ4n) is 1.55. The van der Waals surface area contributed by atoms with Crippen molar-refractivity contribution in [3.8, 4) is 11.3 Å². The first-order valence-electron chi connectivity index (χ1n) is 5.49. The third-order valence-electron chi connectivity index (χ3n) is 2.43. The molecule has 0 aliphatic heterocycles. The molecule has 1 heterocycles. The Labute approximate surface area is 114 Å². The van der Waals surface area contributed by atoms with Crippen LogP contribution in [-0.2, 0) is 11.2 Å². The minimum absolute atomic E-state index is 0.799. The second kappa shape index (κ2) is 6.28. The molecule has 0 unspecified atom stereocenters. The van der Waals surface area contributed by atoms with Gasteiger partial charge in [0, 0.05) is 35.6 Å². The minimum atomic E-state index is 0.799. The van der Waals surface area contributed by atoms with Crippen LogP contribution in [0.4, 0.5) is 0 Å². The standard InChI is InChI=1S/C13H14BrNOS/c1-16-8-2-3-13-15-12(9-17-13)10-4-6-11(14)7-5-10/h4-7,9H,2-3,8H2,1H3. The van der Waals surface area contributed by atoms with Crippen LogP contribution in [0.3, 0.4) is 0 Å². The SMILES string of the molecule is COCCCc1nc(-c2ccc(Br)cc2)cs1. The van der Waals surface area contributed by atoms with E-state index < -0.39 is 0 Å². The van der Waals surface area contributed by atoms with Crippen LogP contribution in [0.15, 0.2) is 34.1 Å². The van der Waals surface area contributed by atoms with E-state index in [0.717, 1.165) is 29.6 Å². The lowest BCUT2D eigenvalue weighted by Crippen LogP contribution is -1.91. The van der Waals surface area contributed by atoms with Crippen molar-refractivity contribution in [2.75, 3.05) is 13.7 Å². The van der Waals surface area contributed by atoms with Crippen LogP contribution in [0.25, 0.3) is 11.3 Å². The summed E-state index contributed by atoms with van der Waals surface area (Å²) in [6, 6.07) is 8.24. The van der Waals surface area contributed by atoms with Gasteiger partial charge in [-0.1, -0.05) is 28.1 Å². The molecule has 0 saturated heterocycles. The van der Waals surface area contributed by atoms with E-state index >= 15 is 0 Å². The molecule has 90 valence electrons. The normalized spacial score (nSPS) is 10.7. The Kier molecular flexibility index (Phi) is 4.71. The van der Waals surface area contributed by atoms with Crippen molar-refractivity contribution in [1.29, 1.82) is 0 Å². The number of nitrogens with zero attached hydrogens (tertiary/aromatic N) is 1. The van der Waals surface area contributed by atoms with Crippen molar-refractivity contribution < 1.29 is 4.74 Å². The van der Waals surface area contributed by atoms with E-state index in [1.165, 1.54) is 10.6 Å². The molecule has 2 aromatic rings. The largest absolute Gasteiger partial charge is 0.385 e. The highest BCUT2D eigenvalue weighted by molar-refractivity contribution is 9.10. The molecule has 0 saturated carbocycles. The third kappa shape index (κ3) is 3.63. The van der Waals surface area contributed by atoms with E-state index in [-0.39, 0.29) is 0 Å². The summed E-state index contributed by atoms with van der Waals surface area (Å²) >= 11 is 5.15. The zero-order valence-corrected chi connectivity index (χ0v) is 12.1. The average molecular weight is 312 g/mol. The summed E-state index contributed by atoms with van der Waals surface area (Å²) in [6.07, 6.45) is 2.03. The first kappa shape index (κ1) is 12.7. The van der Waals surface area contributed by atoms with Gasteiger partial charge < -0.3 is 4.74 Å². The maximum absolute atomic E-state index is 5.04. The van der Waals surface area contributed by atoms with E-state index in [4.69, 9.17) is 4.74 Å². The monoisotopic (exact) mass is 311 g/mol. The molecule has 0 bridgehead atoms. The number of ether oxygens (including phenoxy) is 1. The lowest BCUT2D eigenvalue weighted by molar-refractivity contribution is 0.195. The van der Waals surface area contributed by atoms with Gasteiger partial charge >= 0.3 is 0 Å². The molecule has 17 heavy (non-hydrogen) atoms. The van der Waals surface area contributed by atoms with Crippen molar-refractivity contribution in [3.05, 3.63) is 39.1 Å². The van der Waals surface area contributed by atoms with Crippen molar-refractivity contribution in [3.63, 3.8) is 0 Å². The molecular weight excluding hydrogens is 298 g/mol. The Morgan fingerprint density at radius 3 is 2.76 bits per heavy atom. The predicted molar refractivity (Wildman–Crippen MR) is 75.4 cm³/mol. The van der Waals surface area contributed by atoms with Crippen LogP contribution < -0.4 is 0 Å². The Balaban J connectivity index is 2.04. The van der Waals surface area contributed by atoms with Gasteiger partial charge in [-0.2, -0.15) is 0 Å². The van der Waals surface area contributed by atoms with Crippen LogP contribution in [0.1, 0.15) is 11.4 Å². The van der Waals surface area contributed by atoms with Gasteiger partial charge in [0.25, 0.3) is 0 Å². The third-order valence-corrected chi connectivity index (χ3v) is 3.87. The molecular formula is C13H14BrNOS. The zero-order valence-electron chi connectivity index (χ0n) is 9.65. The molecule has 0 aliphatic carbocycles.